The number of benzene rings is 1. The number of nitrogens with zero attached hydrogens (tertiary/aromatic N) is 1. The standard InChI is InChI=1S/C10H5ClFNO3/c11-7-5(2-1-3-6(7)12)9-8(10(14)15)13-4-16-9/h1-4H,(H,14,15). The molecule has 1 heterocycles. The zero-order valence-electron chi connectivity index (χ0n) is 7.78. The van der Waals surface area contributed by atoms with Crippen molar-refractivity contribution >= 4 is 17.6 Å². The minimum atomic E-state index is -1.26. The monoisotopic (exact) mass is 241 g/mol. The summed E-state index contributed by atoms with van der Waals surface area (Å²) in [5.41, 5.74) is -0.135. The molecule has 1 aromatic carbocycles. The van der Waals surface area contributed by atoms with Crippen LogP contribution in [0.2, 0.25) is 5.02 Å². The van der Waals surface area contributed by atoms with Crippen molar-refractivity contribution in [3.05, 3.63) is 41.1 Å². The van der Waals surface area contributed by atoms with Crippen molar-refractivity contribution in [1.82, 2.24) is 4.98 Å². The number of carboxylic acid groups (broad SMARTS) is 1. The minimum Gasteiger partial charge on any atom is -0.476 e. The van der Waals surface area contributed by atoms with E-state index in [2.05, 4.69) is 4.98 Å². The largest absolute Gasteiger partial charge is 0.476 e. The van der Waals surface area contributed by atoms with Gasteiger partial charge >= 0.3 is 5.97 Å². The maximum atomic E-state index is 13.2. The van der Waals surface area contributed by atoms with E-state index < -0.39 is 11.8 Å². The normalized spacial score (nSPS) is 10.4. The predicted octanol–water partition coefficient (Wildman–Crippen LogP) is 2.83. The second-order valence-corrected chi connectivity index (χ2v) is 3.31. The summed E-state index contributed by atoms with van der Waals surface area (Å²) in [6.07, 6.45) is 0.972. The summed E-state index contributed by atoms with van der Waals surface area (Å²) in [5, 5.41) is 8.62. The van der Waals surface area contributed by atoms with Crippen LogP contribution in [-0.4, -0.2) is 16.1 Å². The van der Waals surface area contributed by atoms with E-state index in [-0.39, 0.29) is 22.0 Å². The van der Waals surface area contributed by atoms with Crippen LogP contribution in [0.25, 0.3) is 11.3 Å². The Hall–Kier alpha value is -1.88. The summed E-state index contributed by atoms with van der Waals surface area (Å²) < 4.78 is 18.1. The van der Waals surface area contributed by atoms with Crippen molar-refractivity contribution < 1.29 is 18.7 Å². The molecule has 1 N–H and O–H groups in total. The van der Waals surface area contributed by atoms with Gasteiger partial charge in [-0.05, 0) is 12.1 Å². The topological polar surface area (TPSA) is 63.3 Å². The Labute approximate surface area is 94.3 Å². The third-order valence-corrected chi connectivity index (χ3v) is 2.35. The van der Waals surface area contributed by atoms with Crippen LogP contribution < -0.4 is 0 Å². The third-order valence-electron chi connectivity index (χ3n) is 1.97. The molecule has 16 heavy (non-hydrogen) atoms. The highest BCUT2D eigenvalue weighted by atomic mass is 35.5. The smallest absolute Gasteiger partial charge is 0.358 e. The number of oxazole rings is 1. The molecule has 0 unspecified atom stereocenters. The summed E-state index contributed by atoms with van der Waals surface area (Å²) in [4.78, 5) is 14.3. The van der Waals surface area contributed by atoms with Gasteiger partial charge in [0.2, 0.25) is 0 Å². The number of rotatable bonds is 2. The van der Waals surface area contributed by atoms with Gasteiger partial charge in [0.1, 0.15) is 5.82 Å². The molecule has 4 nitrogen and oxygen atoms in total. The number of carboxylic acids is 1. The quantitative estimate of drug-likeness (QED) is 0.878. The molecule has 0 radical (unpaired) electrons. The maximum absolute atomic E-state index is 13.2. The second-order valence-electron chi connectivity index (χ2n) is 2.94. The van der Waals surface area contributed by atoms with Crippen LogP contribution in [0.1, 0.15) is 10.5 Å². The summed E-state index contributed by atoms with van der Waals surface area (Å²) in [7, 11) is 0. The van der Waals surface area contributed by atoms with Gasteiger partial charge in [-0.25, -0.2) is 14.2 Å². The van der Waals surface area contributed by atoms with E-state index in [0.717, 1.165) is 6.39 Å². The van der Waals surface area contributed by atoms with Crippen LogP contribution in [0.5, 0.6) is 0 Å². The lowest BCUT2D eigenvalue weighted by Gasteiger charge is -2.01. The van der Waals surface area contributed by atoms with Gasteiger partial charge in [-0.3, -0.25) is 0 Å². The Morgan fingerprint density at radius 1 is 1.50 bits per heavy atom. The van der Waals surface area contributed by atoms with Gasteiger partial charge < -0.3 is 9.52 Å². The SMILES string of the molecule is O=C(O)c1ncoc1-c1cccc(F)c1Cl. The molecule has 0 amide bonds. The lowest BCUT2D eigenvalue weighted by atomic mass is 10.1. The van der Waals surface area contributed by atoms with Crippen molar-refractivity contribution in [1.29, 1.82) is 0 Å². The number of hydrogen-bond acceptors (Lipinski definition) is 3. The van der Waals surface area contributed by atoms with E-state index in [9.17, 15) is 9.18 Å². The number of carbonyl (C=O) groups is 1. The fraction of sp³-hybridized carbons (Fsp3) is 0. The zero-order valence-corrected chi connectivity index (χ0v) is 8.53. The first kappa shape index (κ1) is 10.6. The maximum Gasteiger partial charge on any atom is 0.358 e. The van der Waals surface area contributed by atoms with Crippen LogP contribution in [0.4, 0.5) is 4.39 Å². The Kier molecular flexibility index (Phi) is 2.62. The van der Waals surface area contributed by atoms with Gasteiger partial charge in [0.25, 0.3) is 0 Å². The van der Waals surface area contributed by atoms with E-state index in [1.54, 1.807) is 0 Å². The molecule has 1 aromatic heterocycles. The lowest BCUT2D eigenvalue weighted by Crippen LogP contribution is -1.99. The van der Waals surface area contributed by atoms with Gasteiger partial charge in [0, 0.05) is 5.56 Å². The predicted molar refractivity (Wildman–Crippen MR) is 53.9 cm³/mol. The fourth-order valence-corrected chi connectivity index (χ4v) is 1.48. The molecule has 2 aromatic rings. The first-order valence-electron chi connectivity index (χ1n) is 4.22. The van der Waals surface area contributed by atoms with Gasteiger partial charge in [-0.15, -0.1) is 0 Å². The van der Waals surface area contributed by atoms with Crippen molar-refractivity contribution in [2.45, 2.75) is 0 Å². The molecule has 0 saturated carbocycles. The van der Waals surface area contributed by atoms with E-state index in [4.69, 9.17) is 21.1 Å². The second kappa shape index (κ2) is 3.94. The van der Waals surface area contributed by atoms with Gasteiger partial charge in [-0.1, -0.05) is 17.7 Å². The summed E-state index contributed by atoms with van der Waals surface area (Å²) in [6, 6.07) is 4.03. The molecule has 82 valence electrons. The van der Waals surface area contributed by atoms with Gasteiger partial charge in [0.05, 0.1) is 5.02 Å². The number of hydrogen-bond donors (Lipinski definition) is 1. The van der Waals surface area contributed by atoms with Crippen LogP contribution in [-0.2, 0) is 0 Å². The van der Waals surface area contributed by atoms with Crippen molar-refractivity contribution in [2.75, 3.05) is 0 Å². The molecular formula is C10H5ClFNO3. The van der Waals surface area contributed by atoms with E-state index in [1.807, 2.05) is 0 Å². The molecule has 6 heteroatoms. The third kappa shape index (κ3) is 1.65. The molecule has 0 saturated heterocycles. The molecular weight excluding hydrogens is 237 g/mol. The van der Waals surface area contributed by atoms with Crippen LogP contribution in [0, 0.1) is 5.82 Å². The van der Waals surface area contributed by atoms with E-state index in [0.29, 0.717) is 0 Å². The number of aromatic carboxylic acids is 1. The first-order valence-corrected chi connectivity index (χ1v) is 4.60. The van der Waals surface area contributed by atoms with E-state index >= 15 is 0 Å². The molecule has 2 rings (SSSR count). The summed E-state index contributed by atoms with van der Waals surface area (Å²) >= 11 is 5.71. The molecule has 0 aliphatic carbocycles. The highest BCUT2D eigenvalue weighted by molar-refractivity contribution is 6.33. The highest BCUT2D eigenvalue weighted by Gasteiger charge is 2.20. The van der Waals surface area contributed by atoms with Crippen LogP contribution in [0.3, 0.4) is 0 Å². The Balaban J connectivity index is 2.63. The molecule has 0 aliphatic rings. The Morgan fingerprint density at radius 2 is 2.25 bits per heavy atom. The van der Waals surface area contributed by atoms with Crippen LogP contribution in [0.15, 0.2) is 29.0 Å². The number of aromatic nitrogens is 1. The minimum absolute atomic E-state index is 0.0583. The highest BCUT2D eigenvalue weighted by Crippen LogP contribution is 2.31. The van der Waals surface area contributed by atoms with Crippen LogP contribution >= 0.6 is 11.6 Å². The van der Waals surface area contributed by atoms with Gasteiger partial charge in [-0.2, -0.15) is 0 Å². The molecule has 0 spiro atoms. The average Bonchev–Trinajstić information content (AvgIpc) is 2.70. The summed E-state index contributed by atoms with van der Waals surface area (Å²) in [5.74, 6) is -1.96. The average molecular weight is 242 g/mol. The molecule has 0 fully saturated rings. The first-order chi connectivity index (χ1) is 7.61. The fourth-order valence-electron chi connectivity index (χ4n) is 1.27. The van der Waals surface area contributed by atoms with Gasteiger partial charge in [0.15, 0.2) is 17.8 Å². The Morgan fingerprint density at radius 3 is 2.94 bits per heavy atom. The number of halogens is 2. The van der Waals surface area contributed by atoms with Crippen molar-refractivity contribution in [3.63, 3.8) is 0 Å². The van der Waals surface area contributed by atoms with Crippen molar-refractivity contribution in [3.8, 4) is 11.3 Å². The molecule has 0 bridgehead atoms. The summed E-state index contributed by atoms with van der Waals surface area (Å²) in [6.45, 7) is 0. The lowest BCUT2D eigenvalue weighted by molar-refractivity contribution is 0.0691. The molecule has 0 aliphatic heterocycles. The van der Waals surface area contributed by atoms with E-state index in [1.165, 1.54) is 18.2 Å². The van der Waals surface area contributed by atoms with Crippen molar-refractivity contribution in [2.24, 2.45) is 0 Å². The Bertz CT molecular complexity index is 553. The molecule has 0 atom stereocenters. The zero-order chi connectivity index (χ0) is 11.7.